The maximum atomic E-state index is 12.8. The van der Waals surface area contributed by atoms with Crippen molar-refractivity contribution in [3.8, 4) is 0 Å². The third-order valence-electron chi connectivity index (χ3n) is 5.64. The third-order valence-corrected chi connectivity index (χ3v) is 7.71. The van der Waals surface area contributed by atoms with Crippen molar-refractivity contribution < 1.29 is 19.1 Å². The molecule has 11 heteroatoms. The highest BCUT2D eigenvalue weighted by atomic mass is 32.1. The van der Waals surface area contributed by atoms with Gasteiger partial charge in [-0.05, 0) is 32.8 Å². The van der Waals surface area contributed by atoms with E-state index in [-0.39, 0.29) is 17.7 Å². The van der Waals surface area contributed by atoms with Gasteiger partial charge in [0.05, 0.1) is 28.5 Å². The molecule has 1 saturated heterocycles. The lowest BCUT2D eigenvalue weighted by atomic mass is 9.97. The van der Waals surface area contributed by atoms with E-state index in [0.717, 1.165) is 33.4 Å². The van der Waals surface area contributed by atoms with Gasteiger partial charge in [-0.2, -0.15) is 0 Å². The summed E-state index contributed by atoms with van der Waals surface area (Å²) in [4.78, 5) is 48.7. The molecule has 1 aliphatic rings. The van der Waals surface area contributed by atoms with Crippen LogP contribution in [0.25, 0.3) is 0 Å². The van der Waals surface area contributed by atoms with Crippen LogP contribution >= 0.6 is 22.7 Å². The first kappa shape index (κ1) is 23.1. The highest BCUT2D eigenvalue weighted by Crippen LogP contribution is 2.32. The quantitative estimate of drug-likeness (QED) is 0.551. The van der Waals surface area contributed by atoms with Gasteiger partial charge in [-0.25, -0.2) is 14.8 Å². The molecular formula is C22H25N5O4S2. The zero-order chi connectivity index (χ0) is 23.7. The number of methoxy groups -OCH3 is 1. The molecule has 4 heterocycles. The number of anilines is 1. The Hall–Kier alpha value is -3.05. The van der Waals surface area contributed by atoms with Crippen molar-refractivity contribution in [2.45, 2.75) is 32.6 Å². The summed E-state index contributed by atoms with van der Waals surface area (Å²) in [6, 6.07) is 1.57. The topological polar surface area (TPSA) is 106 Å². The molecule has 0 atom stereocenters. The van der Waals surface area contributed by atoms with Crippen molar-refractivity contribution in [2.75, 3.05) is 25.5 Å². The molecule has 1 aliphatic heterocycles. The molecule has 4 rings (SSSR count). The Balaban J connectivity index is 1.36. The van der Waals surface area contributed by atoms with Crippen LogP contribution < -0.4 is 5.32 Å². The highest BCUT2D eigenvalue weighted by molar-refractivity contribution is 7.13. The van der Waals surface area contributed by atoms with Crippen LogP contribution in [0.4, 0.5) is 5.69 Å². The molecule has 2 amide bonds. The molecule has 1 N–H and O–H groups in total. The summed E-state index contributed by atoms with van der Waals surface area (Å²) in [5.41, 5.74) is 1.97. The first-order valence-corrected chi connectivity index (χ1v) is 12.2. The third kappa shape index (κ3) is 4.83. The van der Waals surface area contributed by atoms with Gasteiger partial charge in [0.1, 0.15) is 16.3 Å². The van der Waals surface area contributed by atoms with Gasteiger partial charge in [-0.3, -0.25) is 9.59 Å². The van der Waals surface area contributed by atoms with E-state index in [0.29, 0.717) is 30.2 Å². The predicted octanol–water partition coefficient (Wildman–Crippen LogP) is 3.61. The van der Waals surface area contributed by atoms with Crippen LogP contribution in [0.1, 0.15) is 65.1 Å². The average molecular weight is 488 g/mol. The summed E-state index contributed by atoms with van der Waals surface area (Å²) >= 11 is 2.90. The van der Waals surface area contributed by atoms with Crippen LogP contribution in [0.2, 0.25) is 0 Å². The van der Waals surface area contributed by atoms with Gasteiger partial charge in [0.25, 0.3) is 11.8 Å². The fraction of sp³-hybridized carbons (Fsp3) is 0.409. The number of aromatic nitrogens is 3. The van der Waals surface area contributed by atoms with E-state index < -0.39 is 5.97 Å². The highest BCUT2D eigenvalue weighted by Gasteiger charge is 2.28. The van der Waals surface area contributed by atoms with Gasteiger partial charge in [0.2, 0.25) is 0 Å². The molecule has 0 bridgehead atoms. The fourth-order valence-electron chi connectivity index (χ4n) is 3.92. The Labute approximate surface area is 199 Å². The Morgan fingerprint density at radius 3 is 2.55 bits per heavy atom. The smallest absolute Gasteiger partial charge is 0.354 e. The second kappa shape index (κ2) is 9.44. The summed E-state index contributed by atoms with van der Waals surface area (Å²) in [5.74, 6) is -0.542. The number of carbonyl (C=O) groups is 3. The Kier molecular flexibility index (Phi) is 6.61. The summed E-state index contributed by atoms with van der Waals surface area (Å²) in [7, 11) is 3.02. The van der Waals surface area contributed by atoms with Crippen LogP contribution in [0.3, 0.4) is 0 Å². The van der Waals surface area contributed by atoms with Crippen LogP contribution in [0.15, 0.2) is 17.6 Å². The predicted molar refractivity (Wildman–Crippen MR) is 126 cm³/mol. The summed E-state index contributed by atoms with van der Waals surface area (Å²) < 4.78 is 6.33. The van der Waals surface area contributed by atoms with Gasteiger partial charge < -0.3 is 19.5 Å². The molecule has 0 aliphatic carbocycles. The summed E-state index contributed by atoms with van der Waals surface area (Å²) in [5, 5.41) is 6.33. The number of hydrogen-bond acceptors (Lipinski definition) is 8. The van der Waals surface area contributed by atoms with E-state index in [1.54, 1.807) is 29.3 Å². The molecule has 0 aromatic carbocycles. The van der Waals surface area contributed by atoms with E-state index in [1.807, 2.05) is 18.7 Å². The maximum absolute atomic E-state index is 12.8. The lowest BCUT2D eigenvalue weighted by Crippen LogP contribution is -2.37. The lowest BCUT2D eigenvalue weighted by Gasteiger charge is -2.30. The first-order chi connectivity index (χ1) is 15.8. The lowest BCUT2D eigenvalue weighted by molar-refractivity contribution is 0.0589. The van der Waals surface area contributed by atoms with Crippen LogP contribution in [0.5, 0.6) is 0 Å². The SMILES string of the molecule is COC(=O)c1cc(NC(=O)c2csc(C3CCN(C(=O)c4sc(C)nc4C)CC3)n2)cn1C. The number of likely N-dealkylation sites (tertiary alicyclic amines) is 1. The molecule has 3 aromatic heterocycles. The van der Waals surface area contributed by atoms with Gasteiger partial charge in [0, 0.05) is 37.6 Å². The van der Waals surface area contributed by atoms with E-state index in [1.165, 1.54) is 29.8 Å². The summed E-state index contributed by atoms with van der Waals surface area (Å²) in [6.45, 7) is 5.09. The monoisotopic (exact) mass is 487 g/mol. The van der Waals surface area contributed by atoms with Gasteiger partial charge in [0.15, 0.2) is 0 Å². The molecule has 0 radical (unpaired) electrons. The molecule has 1 fully saturated rings. The number of nitrogens with zero attached hydrogens (tertiary/aromatic N) is 4. The zero-order valence-electron chi connectivity index (χ0n) is 18.9. The number of amides is 2. The van der Waals surface area contributed by atoms with Gasteiger partial charge >= 0.3 is 5.97 Å². The normalized spacial score (nSPS) is 14.4. The number of aryl methyl sites for hydroxylation is 3. The minimum absolute atomic E-state index is 0.0462. The molecule has 33 heavy (non-hydrogen) atoms. The van der Waals surface area contributed by atoms with Crippen molar-refractivity contribution in [2.24, 2.45) is 7.05 Å². The largest absolute Gasteiger partial charge is 0.464 e. The summed E-state index contributed by atoms with van der Waals surface area (Å²) in [6.07, 6.45) is 3.26. The molecule has 0 saturated carbocycles. The molecule has 0 unspecified atom stereocenters. The second-order valence-electron chi connectivity index (χ2n) is 7.96. The number of rotatable bonds is 5. The fourth-order valence-corrected chi connectivity index (χ4v) is 5.78. The number of carbonyl (C=O) groups excluding carboxylic acids is 3. The molecular weight excluding hydrogens is 462 g/mol. The van der Waals surface area contributed by atoms with Crippen molar-refractivity contribution in [3.05, 3.63) is 49.6 Å². The van der Waals surface area contributed by atoms with Crippen molar-refractivity contribution in [1.29, 1.82) is 0 Å². The number of ether oxygens (including phenoxy) is 1. The van der Waals surface area contributed by atoms with Gasteiger partial charge in [-0.15, -0.1) is 22.7 Å². The Morgan fingerprint density at radius 2 is 1.91 bits per heavy atom. The number of thiazole rings is 2. The van der Waals surface area contributed by atoms with E-state index in [2.05, 4.69) is 15.3 Å². The van der Waals surface area contributed by atoms with Crippen LogP contribution in [0, 0.1) is 13.8 Å². The van der Waals surface area contributed by atoms with Crippen LogP contribution in [-0.4, -0.2) is 57.4 Å². The van der Waals surface area contributed by atoms with E-state index in [4.69, 9.17) is 4.74 Å². The second-order valence-corrected chi connectivity index (χ2v) is 10.0. The molecule has 9 nitrogen and oxygen atoms in total. The Bertz CT molecular complexity index is 1200. The number of esters is 1. The van der Waals surface area contributed by atoms with Gasteiger partial charge in [-0.1, -0.05) is 0 Å². The van der Waals surface area contributed by atoms with Crippen molar-refractivity contribution in [3.63, 3.8) is 0 Å². The number of nitrogens with one attached hydrogen (secondary N) is 1. The average Bonchev–Trinajstić information content (AvgIpc) is 3.51. The molecule has 174 valence electrons. The van der Waals surface area contributed by atoms with E-state index >= 15 is 0 Å². The minimum atomic E-state index is -0.473. The standard InChI is InChI=1S/C22H25N5O4S2/c1-12-18(33-13(2)23-12)21(29)27-7-5-14(6-8-27)20-25-16(11-32-20)19(28)24-15-9-17(22(30)31-4)26(3)10-15/h9-11,14H,5-8H2,1-4H3,(H,24,28). The Morgan fingerprint density at radius 1 is 1.18 bits per heavy atom. The first-order valence-electron chi connectivity index (χ1n) is 10.5. The van der Waals surface area contributed by atoms with Crippen molar-refractivity contribution >= 4 is 46.1 Å². The number of piperidine rings is 1. The minimum Gasteiger partial charge on any atom is -0.464 e. The van der Waals surface area contributed by atoms with Crippen molar-refractivity contribution in [1.82, 2.24) is 19.4 Å². The molecule has 3 aromatic rings. The molecule has 0 spiro atoms. The maximum Gasteiger partial charge on any atom is 0.354 e. The number of hydrogen-bond donors (Lipinski definition) is 1. The zero-order valence-corrected chi connectivity index (χ0v) is 20.5. The van der Waals surface area contributed by atoms with E-state index in [9.17, 15) is 14.4 Å². The van der Waals surface area contributed by atoms with Crippen LogP contribution in [-0.2, 0) is 11.8 Å².